The number of nitrogens with one attached hydrogen (secondary N) is 2. The third-order valence-corrected chi connectivity index (χ3v) is 4.42. The Morgan fingerprint density at radius 2 is 1.66 bits per heavy atom. The SMILES string of the molecule is Cc1occc1C(=O)NNC(=O)c1oc2ccccc2c1COc1ccccc1. The van der Waals surface area contributed by atoms with Gasteiger partial charge in [0.1, 0.15) is 23.7 Å². The molecule has 0 saturated heterocycles. The fraction of sp³-hybridized carbons (Fsp3) is 0.0909. The second kappa shape index (κ2) is 7.93. The molecule has 29 heavy (non-hydrogen) atoms. The Labute approximate surface area is 166 Å². The van der Waals surface area contributed by atoms with E-state index < -0.39 is 11.8 Å². The van der Waals surface area contributed by atoms with Crippen LogP contribution < -0.4 is 15.6 Å². The van der Waals surface area contributed by atoms with Gasteiger partial charge in [-0.25, -0.2) is 0 Å². The Morgan fingerprint density at radius 1 is 0.931 bits per heavy atom. The van der Waals surface area contributed by atoms with Crippen LogP contribution in [0.4, 0.5) is 0 Å². The van der Waals surface area contributed by atoms with Crippen molar-refractivity contribution in [3.8, 4) is 5.75 Å². The lowest BCUT2D eigenvalue weighted by atomic mass is 10.1. The lowest BCUT2D eigenvalue weighted by molar-refractivity contribution is 0.0829. The van der Waals surface area contributed by atoms with E-state index in [4.69, 9.17) is 13.6 Å². The predicted molar refractivity (Wildman–Crippen MR) is 105 cm³/mol. The van der Waals surface area contributed by atoms with Crippen molar-refractivity contribution >= 4 is 22.8 Å². The van der Waals surface area contributed by atoms with Gasteiger partial charge in [0.05, 0.1) is 11.8 Å². The molecule has 2 N–H and O–H groups in total. The predicted octanol–water partition coefficient (Wildman–Crippen LogP) is 3.99. The van der Waals surface area contributed by atoms with Gasteiger partial charge in [-0.3, -0.25) is 20.4 Å². The summed E-state index contributed by atoms with van der Waals surface area (Å²) >= 11 is 0. The average Bonchev–Trinajstić information content (AvgIpc) is 3.34. The van der Waals surface area contributed by atoms with Crippen molar-refractivity contribution in [2.24, 2.45) is 0 Å². The highest BCUT2D eigenvalue weighted by atomic mass is 16.5. The molecule has 0 bridgehead atoms. The normalized spacial score (nSPS) is 10.7. The molecular formula is C22H18N2O5. The molecule has 0 saturated carbocycles. The van der Waals surface area contributed by atoms with Gasteiger partial charge in [-0.1, -0.05) is 36.4 Å². The molecule has 4 rings (SSSR count). The largest absolute Gasteiger partial charge is 0.489 e. The first-order chi connectivity index (χ1) is 14.1. The summed E-state index contributed by atoms with van der Waals surface area (Å²) < 4.78 is 16.6. The number of ether oxygens (including phenoxy) is 1. The summed E-state index contributed by atoms with van der Waals surface area (Å²) in [5, 5.41) is 0.769. The minimum atomic E-state index is -0.581. The van der Waals surface area contributed by atoms with Gasteiger partial charge in [-0.15, -0.1) is 0 Å². The van der Waals surface area contributed by atoms with E-state index in [1.165, 1.54) is 12.3 Å². The van der Waals surface area contributed by atoms with Gasteiger partial charge in [0, 0.05) is 10.9 Å². The van der Waals surface area contributed by atoms with Crippen molar-refractivity contribution in [2.45, 2.75) is 13.5 Å². The molecule has 7 heteroatoms. The number of amides is 2. The fourth-order valence-electron chi connectivity index (χ4n) is 2.96. The van der Waals surface area contributed by atoms with Gasteiger partial charge in [0.2, 0.25) is 5.76 Å². The number of hydrazine groups is 1. The van der Waals surface area contributed by atoms with E-state index in [0.29, 0.717) is 28.2 Å². The highest BCUT2D eigenvalue weighted by molar-refractivity contribution is 6.01. The lowest BCUT2D eigenvalue weighted by Gasteiger charge is -2.08. The number of furan rings is 2. The molecule has 2 aromatic heterocycles. The summed E-state index contributed by atoms with van der Waals surface area (Å²) in [5.41, 5.74) is 6.24. The summed E-state index contributed by atoms with van der Waals surface area (Å²) in [6, 6.07) is 18.1. The summed E-state index contributed by atoms with van der Waals surface area (Å²) in [6.45, 7) is 1.80. The van der Waals surface area contributed by atoms with Crippen LogP contribution in [0, 0.1) is 6.92 Å². The highest BCUT2D eigenvalue weighted by Gasteiger charge is 2.22. The van der Waals surface area contributed by atoms with E-state index >= 15 is 0 Å². The van der Waals surface area contributed by atoms with Crippen molar-refractivity contribution in [3.63, 3.8) is 0 Å². The maximum Gasteiger partial charge on any atom is 0.305 e. The standard InChI is InChI=1S/C22H18N2O5/c1-14-16(11-12-27-14)21(25)23-24-22(26)20-18(13-28-15-7-3-2-4-8-15)17-9-5-6-10-19(17)29-20/h2-12H,13H2,1H3,(H,23,25)(H,24,26). The van der Waals surface area contributed by atoms with Gasteiger partial charge in [-0.2, -0.15) is 0 Å². The van der Waals surface area contributed by atoms with Crippen LogP contribution in [0.25, 0.3) is 11.0 Å². The monoisotopic (exact) mass is 390 g/mol. The molecule has 4 aromatic rings. The summed E-state index contributed by atoms with van der Waals surface area (Å²) in [4.78, 5) is 24.9. The zero-order chi connectivity index (χ0) is 20.2. The maximum atomic E-state index is 12.7. The van der Waals surface area contributed by atoms with E-state index in [1.807, 2.05) is 48.5 Å². The molecule has 2 aromatic carbocycles. The van der Waals surface area contributed by atoms with E-state index in [-0.39, 0.29) is 12.4 Å². The van der Waals surface area contributed by atoms with Gasteiger partial charge in [0.15, 0.2) is 0 Å². The van der Waals surface area contributed by atoms with Crippen LogP contribution in [0.5, 0.6) is 5.75 Å². The van der Waals surface area contributed by atoms with Crippen molar-refractivity contribution in [1.29, 1.82) is 0 Å². The Balaban J connectivity index is 1.55. The van der Waals surface area contributed by atoms with E-state index in [2.05, 4.69) is 10.9 Å². The molecule has 146 valence electrons. The number of rotatable bonds is 5. The number of carbonyl (C=O) groups excluding carboxylic acids is 2. The molecule has 0 spiro atoms. The molecule has 0 aliphatic heterocycles. The molecule has 2 amide bonds. The van der Waals surface area contributed by atoms with E-state index in [9.17, 15) is 9.59 Å². The molecular weight excluding hydrogens is 372 g/mol. The van der Waals surface area contributed by atoms with Crippen molar-refractivity contribution in [1.82, 2.24) is 10.9 Å². The Morgan fingerprint density at radius 3 is 2.41 bits per heavy atom. The summed E-state index contributed by atoms with van der Waals surface area (Å²) in [5.74, 6) is 0.141. The molecule has 0 unspecified atom stereocenters. The first-order valence-corrected chi connectivity index (χ1v) is 8.96. The van der Waals surface area contributed by atoms with Crippen LogP contribution >= 0.6 is 0 Å². The lowest BCUT2D eigenvalue weighted by Crippen LogP contribution is -2.41. The van der Waals surface area contributed by atoms with Gasteiger partial charge in [0.25, 0.3) is 5.91 Å². The topological polar surface area (TPSA) is 93.7 Å². The van der Waals surface area contributed by atoms with Crippen LogP contribution in [0.3, 0.4) is 0 Å². The minimum Gasteiger partial charge on any atom is -0.489 e. The molecule has 0 fully saturated rings. The van der Waals surface area contributed by atoms with Crippen molar-refractivity contribution < 1.29 is 23.2 Å². The van der Waals surface area contributed by atoms with E-state index in [0.717, 1.165) is 5.39 Å². The first-order valence-electron chi connectivity index (χ1n) is 8.96. The molecule has 0 aliphatic rings. The van der Waals surface area contributed by atoms with Gasteiger partial charge < -0.3 is 13.6 Å². The zero-order valence-electron chi connectivity index (χ0n) is 15.6. The van der Waals surface area contributed by atoms with Crippen LogP contribution in [-0.4, -0.2) is 11.8 Å². The quantitative estimate of drug-likeness (QED) is 0.503. The number of carbonyl (C=O) groups is 2. The number of hydrogen-bond acceptors (Lipinski definition) is 5. The Bertz CT molecular complexity index is 1160. The Hall–Kier alpha value is -4.00. The number of para-hydroxylation sites is 2. The van der Waals surface area contributed by atoms with E-state index in [1.54, 1.807) is 13.0 Å². The summed E-state index contributed by atoms with van der Waals surface area (Å²) in [6.07, 6.45) is 1.41. The number of fused-ring (bicyclic) bond motifs is 1. The maximum absolute atomic E-state index is 12.7. The summed E-state index contributed by atoms with van der Waals surface area (Å²) in [7, 11) is 0. The van der Waals surface area contributed by atoms with Crippen LogP contribution in [0.2, 0.25) is 0 Å². The third kappa shape index (κ3) is 3.84. The average molecular weight is 390 g/mol. The number of hydrogen-bond donors (Lipinski definition) is 2. The molecule has 0 aliphatic carbocycles. The molecule has 0 radical (unpaired) electrons. The van der Waals surface area contributed by atoms with Crippen LogP contribution in [0.1, 0.15) is 32.2 Å². The minimum absolute atomic E-state index is 0.0753. The molecule has 0 atom stereocenters. The highest BCUT2D eigenvalue weighted by Crippen LogP contribution is 2.27. The van der Waals surface area contributed by atoms with Gasteiger partial charge >= 0.3 is 5.91 Å². The second-order valence-electron chi connectivity index (χ2n) is 6.31. The Kier molecular flexibility index (Phi) is 5.03. The number of benzene rings is 2. The smallest absolute Gasteiger partial charge is 0.305 e. The van der Waals surface area contributed by atoms with Crippen LogP contribution in [0.15, 0.2) is 75.8 Å². The van der Waals surface area contributed by atoms with Gasteiger partial charge in [-0.05, 0) is 31.2 Å². The van der Waals surface area contributed by atoms with Crippen LogP contribution in [-0.2, 0) is 6.61 Å². The molecule has 2 heterocycles. The third-order valence-electron chi connectivity index (χ3n) is 4.42. The number of aryl methyl sites for hydroxylation is 1. The first kappa shape index (κ1) is 18.4. The zero-order valence-corrected chi connectivity index (χ0v) is 15.6. The van der Waals surface area contributed by atoms with Crippen molar-refractivity contribution in [3.05, 3.63) is 89.6 Å². The fourth-order valence-corrected chi connectivity index (χ4v) is 2.96. The van der Waals surface area contributed by atoms with Crippen molar-refractivity contribution in [2.75, 3.05) is 0 Å². The second-order valence-corrected chi connectivity index (χ2v) is 6.31. The molecule has 7 nitrogen and oxygen atoms in total.